The highest BCUT2D eigenvalue weighted by atomic mass is 19.4. The molecule has 0 fully saturated rings. The van der Waals surface area contributed by atoms with Gasteiger partial charge in [-0.3, -0.25) is 28.8 Å². The van der Waals surface area contributed by atoms with Gasteiger partial charge in [0.25, 0.3) is 11.8 Å². The molecule has 0 aliphatic carbocycles. The first-order valence-electron chi connectivity index (χ1n) is 23.7. The Hall–Kier alpha value is -7.80. The van der Waals surface area contributed by atoms with Crippen molar-refractivity contribution >= 4 is 58.4 Å². The molecule has 14 nitrogen and oxygen atoms in total. The summed E-state index contributed by atoms with van der Waals surface area (Å²) in [5, 5.41) is 23.5. The second-order valence-corrected chi connectivity index (χ2v) is 18.1. The lowest BCUT2D eigenvalue weighted by molar-refractivity contribution is -0.159. The quantitative estimate of drug-likeness (QED) is 0.0706. The molecule has 2 aliphatic rings. The van der Waals surface area contributed by atoms with Crippen molar-refractivity contribution in [3.63, 3.8) is 0 Å². The van der Waals surface area contributed by atoms with Crippen molar-refractivity contribution in [2.75, 3.05) is 23.9 Å². The number of anilines is 2. The van der Waals surface area contributed by atoms with Gasteiger partial charge in [-0.2, -0.15) is 52.7 Å². The molecule has 0 bridgehead atoms. The van der Waals surface area contributed by atoms with Gasteiger partial charge in [-0.1, -0.05) is 97.1 Å². The van der Waals surface area contributed by atoms with Crippen molar-refractivity contribution in [1.82, 2.24) is 10.6 Å². The van der Waals surface area contributed by atoms with Crippen LogP contribution in [0.25, 0.3) is 0 Å². The van der Waals surface area contributed by atoms with E-state index in [0.717, 1.165) is 0 Å². The van der Waals surface area contributed by atoms with Gasteiger partial charge in [-0.25, -0.2) is 9.98 Å². The van der Waals surface area contributed by atoms with E-state index < -0.39 is 148 Å². The average Bonchev–Trinajstić information content (AvgIpc) is 3.54. The normalized spacial score (nSPS) is 17.5. The fraction of sp³-hybridized carbons (Fsp3) is 0.385. The maximum atomic E-state index is 13.3. The van der Waals surface area contributed by atoms with E-state index >= 15 is 0 Å². The summed E-state index contributed by atoms with van der Waals surface area (Å²) in [6.07, 6.45) is -33.4. The van der Waals surface area contributed by atoms with Crippen LogP contribution in [-0.4, -0.2) is 108 Å². The first-order valence-corrected chi connectivity index (χ1v) is 23.7. The number of carboxylic acids is 2. The number of rotatable bonds is 18. The Labute approximate surface area is 437 Å². The molecule has 4 aromatic carbocycles. The van der Waals surface area contributed by atoms with Gasteiger partial charge in [0.05, 0.1) is 46.5 Å². The van der Waals surface area contributed by atoms with Gasteiger partial charge in [0.15, 0.2) is 0 Å². The Morgan fingerprint density at radius 3 is 1.01 bits per heavy atom. The zero-order chi connectivity index (χ0) is 57.9. The molecule has 0 unspecified atom stereocenters. The lowest BCUT2D eigenvalue weighted by Crippen LogP contribution is -2.49. The van der Waals surface area contributed by atoms with Crippen LogP contribution < -0.4 is 20.4 Å². The summed E-state index contributed by atoms with van der Waals surface area (Å²) in [5.74, 6) is -16.1. The first kappa shape index (κ1) is 61.1. The van der Waals surface area contributed by atoms with Crippen molar-refractivity contribution in [3.05, 3.63) is 131 Å². The number of para-hydroxylation sites is 2. The minimum atomic E-state index is -4.80. The molecule has 4 amide bonds. The Balaban J connectivity index is 0.000000287. The highest BCUT2D eigenvalue weighted by Gasteiger charge is 2.44. The lowest BCUT2D eigenvalue weighted by Gasteiger charge is -2.26. The van der Waals surface area contributed by atoms with Gasteiger partial charge in [-0.15, -0.1) is 0 Å². The lowest BCUT2D eigenvalue weighted by atomic mass is 9.84. The number of aliphatic imine (C=N–C) groups is 2. The molecule has 2 aliphatic heterocycles. The molecule has 6 rings (SSSR count). The van der Waals surface area contributed by atoms with Crippen molar-refractivity contribution < 1.29 is 91.7 Å². The maximum Gasteiger partial charge on any atom is 0.389 e. The van der Waals surface area contributed by atoms with Gasteiger partial charge >= 0.3 is 36.6 Å². The monoisotopic (exact) mass is 1110 g/mol. The minimum absolute atomic E-state index is 0.271. The summed E-state index contributed by atoms with van der Waals surface area (Å²) in [6, 6.07) is 30.4. The van der Waals surface area contributed by atoms with Crippen LogP contribution in [0.5, 0.6) is 0 Å². The molecule has 26 heteroatoms. The van der Waals surface area contributed by atoms with Crippen LogP contribution in [-0.2, 0) is 28.8 Å². The number of nitrogens with zero attached hydrogens (tertiary/aromatic N) is 4. The second-order valence-electron chi connectivity index (χ2n) is 18.1. The fourth-order valence-corrected chi connectivity index (χ4v) is 8.67. The summed E-state index contributed by atoms with van der Waals surface area (Å²) in [5.41, 5.74) is 3.51. The Morgan fingerprint density at radius 1 is 0.462 bits per heavy atom. The number of carboxylic acid groups (broad SMARTS) is 2. The predicted molar refractivity (Wildman–Crippen MR) is 258 cm³/mol. The number of alkyl halides is 12. The summed E-state index contributed by atoms with van der Waals surface area (Å²) < 4.78 is 155. The van der Waals surface area contributed by atoms with E-state index in [1.165, 1.54) is 23.9 Å². The molecule has 6 atom stereocenters. The molecule has 0 saturated carbocycles. The van der Waals surface area contributed by atoms with Crippen LogP contribution in [0.2, 0.25) is 0 Å². The van der Waals surface area contributed by atoms with Gasteiger partial charge in [0, 0.05) is 62.0 Å². The number of likely N-dealkylation sites (N-methyl/N-ethyl adjacent to an activating group) is 2. The van der Waals surface area contributed by atoms with E-state index in [4.69, 9.17) is 0 Å². The maximum absolute atomic E-state index is 13.3. The number of benzene rings is 4. The summed E-state index contributed by atoms with van der Waals surface area (Å²) in [4.78, 5) is 87.7. The molecule has 4 N–H and O–H groups in total. The zero-order valence-electron chi connectivity index (χ0n) is 41.2. The van der Waals surface area contributed by atoms with Crippen LogP contribution in [0.4, 0.5) is 64.1 Å². The van der Waals surface area contributed by atoms with E-state index in [-0.39, 0.29) is 11.4 Å². The molecule has 4 aromatic rings. The third kappa shape index (κ3) is 17.1. The summed E-state index contributed by atoms with van der Waals surface area (Å²) in [7, 11) is 2.79. The molecule has 2 heterocycles. The second kappa shape index (κ2) is 25.6. The fourth-order valence-electron chi connectivity index (χ4n) is 8.67. The number of hydrogen-bond donors (Lipinski definition) is 4. The number of nitrogens with one attached hydrogen (secondary N) is 2. The van der Waals surface area contributed by atoms with Crippen molar-refractivity contribution in [3.8, 4) is 0 Å². The van der Waals surface area contributed by atoms with Crippen LogP contribution in [0.15, 0.2) is 119 Å². The number of benzodiazepines with no additional fused rings is 2. The molecule has 0 spiro atoms. The molecular formula is C52H50F12N6O8. The molecule has 420 valence electrons. The highest BCUT2D eigenvalue weighted by molar-refractivity contribution is 6.21. The summed E-state index contributed by atoms with van der Waals surface area (Å²) >= 11 is 0. The largest absolute Gasteiger partial charge is 0.481 e. The van der Waals surface area contributed by atoms with Gasteiger partial charge in [0.2, 0.25) is 24.1 Å². The van der Waals surface area contributed by atoms with Gasteiger partial charge in [-0.05, 0) is 37.8 Å². The SMILES string of the molecule is CN1C(=O)[C@@H](NC(=O)[C@H](CCC(F)(F)F)[C@@H](CCC(F)(F)F)C(=O)O)N=C(c2ccccc2)c2ccccc21.CN1C(=O)[C@@H](NC(=O)[C@H](CCC(F)(F)F)[C@H](CCC(F)(F)F)C(=O)O)N=C(c2ccccc2)c2ccccc21. The molecule has 0 aromatic heterocycles. The van der Waals surface area contributed by atoms with Gasteiger partial charge < -0.3 is 30.6 Å². The number of carbonyl (C=O) groups is 6. The Bertz CT molecular complexity index is 2650. The smallest absolute Gasteiger partial charge is 0.389 e. The molecule has 0 saturated heterocycles. The van der Waals surface area contributed by atoms with Crippen LogP contribution in [0.3, 0.4) is 0 Å². The number of fused-ring (bicyclic) bond motifs is 2. The molecule has 78 heavy (non-hydrogen) atoms. The summed E-state index contributed by atoms with van der Waals surface area (Å²) in [6.45, 7) is 0. The average molecular weight is 1110 g/mol. The molecular weight excluding hydrogens is 1060 g/mol. The van der Waals surface area contributed by atoms with Crippen LogP contribution >= 0.6 is 0 Å². The number of halogens is 12. The third-order valence-corrected chi connectivity index (χ3v) is 12.6. The van der Waals surface area contributed by atoms with Gasteiger partial charge in [0.1, 0.15) is 0 Å². The van der Waals surface area contributed by atoms with Crippen molar-refractivity contribution in [1.29, 1.82) is 0 Å². The minimum Gasteiger partial charge on any atom is -0.481 e. The zero-order valence-corrected chi connectivity index (χ0v) is 41.2. The van der Waals surface area contributed by atoms with E-state index in [1.807, 2.05) is 0 Å². The van der Waals surface area contributed by atoms with Crippen molar-refractivity contribution in [2.45, 2.75) is 88.4 Å². The third-order valence-electron chi connectivity index (χ3n) is 12.6. The van der Waals surface area contributed by atoms with Crippen LogP contribution in [0.1, 0.15) is 73.6 Å². The van der Waals surface area contributed by atoms with Crippen molar-refractivity contribution in [2.24, 2.45) is 33.7 Å². The highest BCUT2D eigenvalue weighted by Crippen LogP contribution is 2.36. The van der Waals surface area contributed by atoms with E-state index in [2.05, 4.69) is 20.6 Å². The Morgan fingerprint density at radius 2 is 0.731 bits per heavy atom. The number of hydrogen-bond acceptors (Lipinski definition) is 8. The van der Waals surface area contributed by atoms with E-state index in [1.54, 1.807) is 109 Å². The van der Waals surface area contributed by atoms with E-state index in [0.29, 0.717) is 33.6 Å². The van der Waals surface area contributed by atoms with Crippen LogP contribution in [0, 0.1) is 23.7 Å². The number of amides is 4. The number of aliphatic carboxylic acids is 2. The number of carbonyl (C=O) groups excluding carboxylic acids is 4. The standard InChI is InChI=1S/2C26H25F6N3O4/c2*1-35-19-10-6-5-9-18(19)20(15-7-3-2-4-8-15)33-21(23(35)37)34-22(36)16(11-13-25(27,28)29)17(24(38)39)12-14-26(30,31)32/h2*2-10,16-17,21H,11-14H2,1H3,(H,34,36)(H,38,39)/t16-,17+,21-;16-,17-,21-/m11/s1. The predicted octanol–water partition coefficient (Wildman–Crippen LogP) is 9.89. The Kier molecular flexibility index (Phi) is 20.0. The first-order chi connectivity index (χ1) is 36.4. The topological polar surface area (TPSA) is 198 Å². The van der Waals surface area contributed by atoms with E-state index in [9.17, 15) is 91.7 Å². The molecule has 0 radical (unpaired) electrons.